The van der Waals surface area contributed by atoms with Gasteiger partial charge in [0.25, 0.3) is 0 Å². The van der Waals surface area contributed by atoms with Crippen LogP contribution in [-0.4, -0.2) is 6.54 Å². The summed E-state index contributed by atoms with van der Waals surface area (Å²) in [5.41, 5.74) is 9.07. The zero-order valence-electron chi connectivity index (χ0n) is 9.39. The Bertz CT molecular complexity index is 587. The van der Waals surface area contributed by atoms with Gasteiger partial charge in [0.05, 0.1) is 0 Å². The molecular formula is C15H13NO. The van der Waals surface area contributed by atoms with Crippen molar-refractivity contribution in [3.8, 4) is 11.5 Å². The summed E-state index contributed by atoms with van der Waals surface area (Å²) in [5.74, 6) is 1.75. The fourth-order valence-electron chi connectivity index (χ4n) is 2.07. The molecule has 0 saturated carbocycles. The van der Waals surface area contributed by atoms with Crippen LogP contribution in [0.2, 0.25) is 0 Å². The maximum atomic E-state index is 5.93. The second-order valence-electron chi connectivity index (χ2n) is 4.01. The minimum absolute atomic E-state index is 0.509. The third kappa shape index (κ3) is 1.73. The van der Waals surface area contributed by atoms with Crippen molar-refractivity contribution in [2.75, 3.05) is 6.54 Å². The van der Waals surface area contributed by atoms with Gasteiger partial charge >= 0.3 is 0 Å². The summed E-state index contributed by atoms with van der Waals surface area (Å²) in [6.07, 6.45) is 2.10. The summed E-state index contributed by atoms with van der Waals surface area (Å²) in [6.45, 7) is 0.509. The van der Waals surface area contributed by atoms with Gasteiger partial charge in [-0.15, -0.1) is 0 Å². The lowest BCUT2D eigenvalue weighted by molar-refractivity contribution is 0.481. The third-order valence-corrected chi connectivity index (χ3v) is 2.92. The van der Waals surface area contributed by atoms with Crippen molar-refractivity contribution >= 4 is 11.6 Å². The minimum atomic E-state index is 0.509. The van der Waals surface area contributed by atoms with E-state index in [1.165, 1.54) is 0 Å². The lowest BCUT2D eigenvalue weighted by Gasteiger charge is -2.09. The molecule has 0 bridgehead atoms. The zero-order valence-corrected chi connectivity index (χ0v) is 9.39. The van der Waals surface area contributed by atoms with E-state index in [0.29, 0.717) is 6.54 Å². The van der Waals surface area contributed by atoms with Crippen LogP contribution in [0.4, 0.5) is 0 Å². The predicted molar refractivity (Wildman–Crippen MR) is 69.9 cm³/mol. The first-order valence-corrected chi connectivity index (χ1v) is 5.65. The summed E-state index contributed by atoms with van der Waals surface area (Å²) in [5, 5.41) is 0. The Labute approximate surface area is 100 Å². The molecule has 2 heteroatoms. The van der Waals surface area contributed by atoms with Crippen molar-refractivity contribution in [3.05, 3.63) is 59.7 Å². The molecule has 2 nitrogen and oxygen atoms in total. The Morgan fingerprint density at radius 3 is 2.41 bits per heavy atom. The van der Waals surface area contributed by atoms with Gasteiger partial charge in [-0.1, -0.05) is 36.4 Å². The van der Waals surface area contributed by atoms with Crippen molar-refractivity contribution in [2.24, 2.45) is 5.73 Å². The van der Waals surface area contributed by atoms with Crippen molar-refractivity contribution < 1.29 is 4.74 Å². The van der Waals surface area contributed by atoms with Gasteiger partial charge in [0.1, 0.15) is 11.5 Å². The number of nitrogens with two attached hydrogens (primary N) is 1. The molecule has 1 aliphatic heterocycles. The Morgan fingerprint density at radius 2 is 1.59 bits per heavy atom. The van der Waals surface area contributed by atoms with Gasteiger partial charge in [0, 0.05) is 17.7 Å². The molecule has 2 N–H and O–H groups in total. The van der Waals surface area contributed by atoms with E-state index in [0.717, 1.165) is 28.2 Å². The highest BCUT2D eigenvalue weighted by Gasteiger charge is 2.14. The summed E-state index contributed by atoms with van der Waals surface area (Å²) in [6, 6.07) is 16.0. The maximum Gasteiger partial charge on any atom is 0.135 e. The molecule has 0 unspecified atom stereocenters. The van der Waals surface area contributed by atoms with Crippen LogP contribution in [0.3, 0.4) is 0 Å². The molecule has 84 valence electrons. The van der Waals surface area contributed by atoms with Gasteiger partial charge in [0.15, 0.2) is 0 Å². The second kappa shape index (κ2) is 4.07. The van der Waals surface area contributed by atoms with Crippen LogP contribution in [-0.2, 0) is 0 Å². The Kier molecular flexibility index (Phi) is 2.42. The molecule has 17 heavy (non-hydrogen) atoms. The van der Waals surface area contributed by atoms with Crippen molar-refractivity contribution in [2.45, 2.75) is 0 Å². The normalized spacial score (nSPS) is 12.9. The lowest BCUT2D eigenvalue weighted by Crippen LogP contribution is -2.02. The lowest BCUT2D eigenvalue weighted by atomic mass is 10.0. The molecule has 0 radical (unpaired) electrons. The third-order valence-electron chi connectivity index (χ3n) is 2.92. The van der Waals surface area contributed by atoms with E-state index in [1.807, 2.05) is 48.5 Å². The fourth-order valence-corrected chi connectivity index (χ4v) is 2.07. The average Bonchev–Trinajstić information content (AvgIpc) is 2.54. The van der Waals surface area contributed by atoms with Gasteiger partial charge in [-0.05, 0) is 23.8 Å². The van der Waals surface area contributed by atoms with E-state index >= 15 is 0 Å². The van der Waals surface area contributed by atoms with Crippen LogP contribution in [0, 0.1) is 0 Å². The Balaban J connectivity index is 2.24. The number of hydrogen-bond acceptors (Lipinski definition) is 2. The van der Waals surface area contributed by atoms with Gasteiger partial charge in [-0.2, -0.15) is 0 Å². The van der Waals surface area contributed by atoms with Crippen molar-refractivity contribution in [1.29, 1.82) is 0 Å². The number of benzene rings is 2. The highest BCUT2D eigenvalue weighted by atomic mass is 16.5. The van der Waals surface area contributed by atoms with E-state index in [2.05, 4.69) is 6.08 Å². The van der Waals surface area contributed by atoms with E-state index in [1.54, 1.807) is 0 Å². The van der Waals surface area contributed by atoms with E-state index < -0.39 is 0 Å². The first-order valence-electron chi connectivity index (χ1n) is 5.65. The quantitative estimate of drug-likeness (QED) is 0.805. The number of rotatable bonds is 1. The van der Waals surface area contributed by atoms with Gasteiger partial charge in [-0.25, -0.2) is 0 Å². The zero-order chi connectivity index (χ0) is 11.7. The highest BCUT2D eigenvalue weighted by Crippen LogP contribution is 2.36. The van der Waals surface area contributed by atoms with Crippen LogP contribution >= 0.6 is 0 Å². The molecular weight excluding hydrogens is 210 g/mol. The van der Waals surface area contributed by atoms with Gasteiger partial charge in [-0.3, -0.25) is 0 Å². The molecule has 2 aromatic rings. The first-order chi connectivity index (χ1) is 8.38. The second-order valence-corrected chi connectivity index (χ2v) is 4.01. The van der Waals surface area contributed by atoms with E-state index in [-0.39, 0.29) is 0 Å². The molecule has 2 aromatic carbocycles. The molecule has 0 aromatic heterocycles. The number of ether oxygens (including phenoxy) is 1. The molecule has 0 aliphatic carbocycles. The summed E-state index contributed by atoms with van der Waals surface area (Å²) in [7, 11) is 0. The summed E-state index contributed by atoms with van der Waals surface area (Å²) in [4.78, 5) is 0. The van der Waals surface area contributed by atoms with Crippen LogP contribution < -0.4 is 10.5 Å². The summed E-state index contributed by atoms with van der Waals surface area (Å²) < 4.78 is 5.93. The van der Waals surface area contributed by atoms with Crippen LogP contribution in [0.1, 0.15) is 11.1 Å². The largest absolute Gasteiger partial charge is 0.456 e. The molecule has 1 aliphatic rings. The molecule has 0 spiro atoms. The molecule has 3 rings (SSSR count). The minimum Gasteiger partial charge on any atom is -0.456 e. The Morgan fingerprint density at radius 1 is 0.882 bits per heavy atom. The van der Waals surface area contributed by atoms with Crippen molar-refractivity contribution in [1.82, 2.24) is 0 Å². The standard InChI is InChI=1S/C15H13NO/c16-10-12-9-11-5-1-3-7-14(11)17-15-8-4-2-6-13(12)15/h1-9H,10,16H2. The van der Waals surface area contributed by atoms with Crippen LogP contribution in [0.15, 0.2) is 48.5 Å². The van der Waals surface area contributed by atoms with E-state index in [4.69, 9.17) is 10.5 Å². The monoisotopic (exact) mass is 223 g/mol. The number of para-hydroxylation sites is 2. The predicted octanol–water partition coefficient (Wildman–Crippen LogP) is 3.29. The highest BCUT2D eigenvalue weighted by molar-refractivity contribution is 5.87. The Hall–Kier alpha value is -2.06. The topological polar surface area (TPSA) is 35.2 Å². The average molecular weight is 223 g/mol. The first kappa shape index (κ1) is 10.1. The SMILES string of the molecule is NCC1=Cc2ccccc2Oc2ccccc21. The molecule has 0 fully saturated rings. The fraction of sp³-hybridized carbons (Fsp3) is 0.0667. The van der Waals surface area contributed by atoms with Crippen LogP contribution in [0.5, 0.6) is 11.5 Å². The van der Waals surface area contributed by atoms with Gasteiger partial charge < -0.3 is 10.5 Å². The molecule has 0 atom stereocenters. The maximum absolute atomic E-state index is 5.93. The van der Waals surface area contributed by atoms with Gasteiger partial charge in [0.2, 0.25) is 0 Å². The summed E-state index contributed by atoms with van der Waals surface area (Å²) >= 11 is 0. The van der Waals surface area contributed by atoms with Crippen molar-refractivity contribution in [3.63, 3.8) is 0 Å². The van der Waals surface area contributed by atoms with E-state index in [9.17, 15) is 0 Å². The molecule has 0 amide bonds. The number of fused-ring (bicyclic) bond motifs is 2. The van der Waals surface area contributed by atoms with Crippen LogP contribution in [0.25, 0.3) is 11.6 Å². The molecule has 1 heterocycles. The number of hydrogen-bond donors (Lipinski definition) is 1. The smallest absolute Gasteiger partial charge is 0.135 e. The molecule has 0 saturated heterocycles.